The van der Waals surface area contributed by atoms with Gasteiger partial charge in [0.05, 0.1) is 19.9 Å². The number of hydrogen-bond acceptors (Lipinski definition) is 13. The number of rotatable bonds is 12. The Kier molecular flexibility index (Phi) is 22.0. The monoisotopic (exact) mass is 1310 g/mol. The van der Waals surface area contributed by atoms with Crippen molar-refractivity contribution in [2.24, 2.45) is 5.73 Å². The second kappa shape index (κ2) is 30.6. The minimum absolute atomic E-state index is 0.0150. The Morgan fingerprint density at radius 1 is 0.663 bits per heavy atom. The number of aliphatic carboxylic acids is 1. The van der Waals surface area contributed by atoms with E-state index in [0.29, 0.717) is 51.7 Å². The summed E-state index contributed by atoms with van der Waals surface area (Å²) in [5.74, 6) is -11.1. The molecule has 3 aromatic heterocycles. The van der Waals surface area contributed by atoms with Gasteiger partial charge in [-0.15, -0.1) is 0 Å². The lowest BCUT2D eigenvalue weighted by Crippen LogP contribution is -2.63. The number of nitrogens with two attached hydrogens (primary N) is 1. The molecule has 0 radical (unpaired) electrons. The van der Waals surface area contributed by atoms with Crippen LogP contribution in [-0.4, -0.2) is 163 Å². The molecule has 7 aromatic rings. The molecule has 1 fully saturated rings. The molecule has 6 heterocycles. The number of carbonyl (C=O) groups is 11. The van der Waals surface area contributed by atoms with Crippen LogP contribution in [0.4, 0.5) is 8.78 Å². The van der Waals surface area contributed by atoms with E-state index in [2.05, 4.69) is 62.5 Å². The van der Waals surface area contributed by atoms with Gasteiger partial charge in [-0.25, -0.2) is 13.8 Å². The van der Waals surface area contributed by atoms with Crippen molar-refractivity contribution in [2.45, 2.75) is 132 Å². The van der Waals surface area contributed by atoms with Gasteiger partial charge in [0.25, 0.3) is 5.91 Å². The maximum absolute atomic E-state index is 15.2. The number of halogens is 2. The van der Waals surface area contributed by atoms with E-state index in [1.165, 1.54) is 99.3 Å². The fourth-order valence-electron chi connectivity index (χ4n) is 11.7. The summed E-state index contributed by atoms with van der Waals surface area (Å²) < 4.78 is 35.0. The van der Waals surface area contributed by atoms with Crippen molar-refractivity contribution >= 4 is 86.8 Å². The van der Waals surface area contributed by atoms with Crippen LogP contribution in [0.25, 0.3) is 21.8 Å². The lowest BCUT2D eigenvalue weighted by Gasteiger charge is -2.37. The first-order chi connectivity index (χ1) is 45.4. The molecular weight excluding hydrogens is 1230 g/mol. The van der Waals surface area contributed by atoms with Crippen LogP contribution in [0.15, 0.2) is 110 Å². The zero-order valence-corrected chi connectivity index (χ0v) is 52.2. The third kappa shape index (κ3) is 17.4. The van der Waals surface area contributed by atoms with E-state index >= 15 is 9.59 Å². The van der Waals surface area contributed by atoms with Gasteiger partial charge in [-0.05, 0) is 122 Å². The zero-order valence-electron chi connectivity index (χ0n) is 52.2. The number of carbonyl (C=O) groups excluding carboxylic acids is 10. The van der Waals surface area contributed by atoms with Crippen LogP contribution in [0, 0.1) is 11.6 Å². The zero-order chi connectivity index (χ0) is 68.1. The van der Waals surface area contributed by atoms with E-state index in [1.807, 2.05) is 0 Å². The van der Waals surface area contributed by atoms with E-state index in [9.17, 15) is 57.0 Å². The van der Waals surface area contributed by atoms with Gasteiger partial charge in [0.15, 0.2) is 0 Å². The summed E-state index contributed by atoms with van der Waals surface area (Å²) in [6.45, 7) is 3.04. The first kappa shape index (κ1) is 68.4. The first-order valence-corrected chi connectivity index (χ1v) is 30.9. The summed E-state index contributed by atoms with van der Waals surface area (Å²) in [5, 5.41) is 32.0. The number of hydrogen-bond donors (Lipinski definition) is 13. The summed E-state index contributed by atoms with van der Waals surface area (Å²) in [6, 6.07) is 9.32. The number of aromatic nitrogens is 4. The quantitative estimate of drug-likeness (QED) is 0.0777. The van der Waals surface area contributed by atoms with Crippen molar-refractivity contribution in [1.82, 2.24) is 67.4 Å². The van der Waals surface area contributed by atoms with E-state index in [1.54, 1.807) is 36.4 Å². The van der Waals surface area contributed by atoms with Crippen LogP contribution in [0.1, 0.15) is 90.7 Å². The molecule has 14 N–H and O–H groups in total. The second-order valence-electron chi connectivity index (χ2n) is 23.9. The number of carboxylic acids is 1. The number of carboxylic acid groups (broad SMARTS) is 1. The number of amides is 10. The van der Waals surface area contributed by atoms with Crippen LogP contribution < -0.4 is 53.0 Å². The maximum atomic E-state index is 15.2. The number of aromatic amines is 3. The molecule has 3 aliphatic rings. The SMILES string of the molecule is COc1ccc(C[C@@H]2NC(=O)[C@H](Cc3cnc[nH]3)NC(=O)[C@H](CC(=O)O)NC(=O)[C@H](Cc3c[nH]c4ccc(F)cc34)NC(=O)[C@H](Cc3c[nH]c4ccc(F)cc34)NC(=O)[C@@H](C)NC(=O)CCCCNC(=O)c3ccc(cc3)C[C@@H](C(N)=O)NC(=O)[C@]3(C)CCCN3C2=O)cc1. The van der Waals surface area contributed by atoms with Crippen LogP contribution in [0.5, 0.6) is 5.75 Å². The minimum atomic E-state index is -2.02. The molecule has 29 heteroatoms. The average molecular weight is 1310 g/mol. The van der Waals surface area contributed by atoms with Gasteiger partial charge in [0.2, 0.25) is 53.2 Å². The second-order valence-corrected chi connectivity index (χ2v) is 23.9. The topological polar surface area (TPSA) is 403 Å². The van der Waals surface area contributed by atoms with E-state index in [0.717, 1.165) is 0 Å². The molecule has 27 nitrogen and oxygen atoms in total. The summed E-state index contributed by atoms with van der Waals surface area (Å²) in [6.07, 6.45) is 3.93. The standard InChI is InChI=1S/C66H74F2N14O13/c1-35-58(87)76-50(25-39-31-72-47-18-14-41(67)27-45(39)47)60(89)77-51(26-40-32-73-48-19-15-42(68)28-46(40)48)61(90)79-53(30-56(84)85)63(92)78-52(29-43-33-70-34-74-43)62(91)80-54(24-37-10-16-44(95-3)17-11-37)64(93)82-22-6-20-66(82,2)65(94)81-49(57(69)86)23-36-8-12-38(13-9-36)59(88)71-21-5-4-7-55(83)75-35/h8-19,27-28,31-35,49-54,72-73H,4-7,20-26,29-30H2,1-3H3,(H2,69,86)(H,70,74)(H,71,88)(H,75,83)(H,76,87)(H,77,89)(H,78,92)(H,79,90)(H,80,91)(H,81,94)(H,84,85)/t35-,49+,50+,51+,52+,53+,54+,66+/m1/s1. The summed E-state index contributed by atoms with van der Waals surface area (Å²) in [5.41, 5.74) is 7.28. The maximum Gasteiger partial charge on any atom is 0.305 e. The lowest BCUT2D eigenvalue weighted by molar-refractivity contribution is -0.147. The van der Waals surface area contributed by atoms with Crippen LogP contribution in [-0.2, 0) is 80.0 Å². The Hall–Kier alpha value is -11.0. The molecule has 3 aliphatic heterocycles. The van der Waals surface area contributed by atoms with Gasteiger partial charge in [-0.2, -0.15) is 0 Å². The predicted octanol–water partition coefficient (Wildman–Crippen LogP) is 1.84. The average Bonchev–Trinajstić information content (AvgIpc) is 1.70. The van der Waals surface area contributed by atoms with Gasteiger partial charge in [0.1, 0.15) is 65.2 Å². The third-order valence-electron chi connectivity index (χ3n) is 17.0. The molecule has 0 aliphatic carbocycles. The van der Waals surface area contributed by atoms with Crippen molar-refractivity contribution in [3.63, 3.8) is 0 Å². The number of nitrogens with one attached hydrogen (secondary N) is 11. The van der Waals surface area contributed by atoms with Gasteiger partial charge in [-0.3, -0.25) is 52.7 Å². The highest BCUT2D eigenvalue weighted by Crippen LogP contribution is 2.31. The fraction of sp³-hybridized carbons (Fsp3) is 0.364. The number of fused-ring (bicyclic) bond motifs is 31. The molecule has 500 valence electrons. The highest BCUT2D eigenvalue weighted by Gasteiger charge is 2.49. The summed E-state index contributed by atoms with van der Waals surface area (Å²) >= 11 is 0. The number of H-pyrrole nitrogens is 3. The fourth-order valence-corrected chi connectivity index (χ4v) is 11.7. The number of ether oxygens (including phenoxy) is 1. The van der Waals surface area contributed by atoms with Crippen LogP contribution in [0.2, 0.25) is 0 Å². The van der Waals surface area contributed by atoms with E-state index in [-0.39, 0.29) is 80.2 Å². The third-order valence-corrected chi connectivity index (χ3v) is 17.0. The summed E-state index contributed by atoms with van der Waals surface area (Å²) in [4.78, 5) is 170. The number of methoxy groups -OCH3 is 1. The highest BCUT2D eigenvalue weighted by molar-refractivity contribution is 6.01. The predicted molar refractivity (Wildman–Crippen MR) is 339 cm³/mol. The van der Waals surface area contributed by atoms with Gasteiger partial charge in [-0.1, -0.05) is 24.3 Å². The van der Waals surface area contributed by atoms with Crippen molar-refractivity contribution in [3.8, 4) is 5.75 Å². The highest BCUT2D eigenvalue weighted by atomic mass is 19.1. The molecule has 0 spiro atoms. The molecule has 8 atom stereocenters. The van der Waals surface area contributed by atoms with Crippen molar-refractivity contribution in [1.29, 1.82) is 0 Å². The Morgan fingerprint density at radius 3 is 1.80 bits per heavy atom. The first-order valence-electron chi connectivity index (χ1n) is 30.9. The molecule has 0 saturated carbocycles. The van der Waals surface area contributed by atoms with Crippen molar-refractivity contribution in [3.05, 3.63) is 155 Å². The molecule has 95 heavy (non-hydrogen) atoms. The minimum Gasteiger partial charge on any atom is -0.497 e. The molecule has 4 aromatic carbocycles. The Morgan fingerprint density at radius 2 is 1.23 bits per heavy atom. The van der Waals surface area contributed by atoms with Gasteiger partial charge >= 0.3 is 5.97 Å². The Balaban J connectivity index is 1.07. The molecule has 0 unspecified atom stereocenters. The normalized spacial score (nSPS) is 23.0. The number of nitrogens with zero attached hydrogens (tertiary/aromatic N) is 2. The van der Waals surface area contributed by atoms with E-state index in [4.69, 9.17) is 10.5 Å². The van der Waals surface area contributed by atoms with Gasteiger partial charge in [0, 0.05) is 103 Å². The lowest BCUT2D eigenvalue weighted by atomic mass is 9.94. The molecule has 1 saturated heterocycles. The Labute approximate surface area is 542 Å². The van der Waals surface area contributed by atoms with Crippen LogP contribution in [0.3, 0.4) is 0 Å². The largest absolute Gasteiger partial charge is 0.497 e. The smallest absolute Gasteiger partial charge is 0.305 e. The number of primary amides is 1. The molecule has 10 rings (SSSR count). The molecule has 2 bridgehead atoms. The molecular formula is C66H74F2N14O13. The van der Waals surface area contributed by atoms with Crippen molar-refractivity contribution in [2.75, 3.05) is 20.2 Å². The molecule has 10 amide bonds. The van der Waals surface area contributed by atoms with Gasteiger partial charge < -0.3 is 78.0 Å². The van der Waals surface area contributed by atoms with Crippen molar-refractivity contribution < 1.29 is 71.4 Å². The summed E-state index contributed by atoms with van der Waals surface area (Å²) in [7, 11) is 1.46. The number of benzene rings is 4. The number of imidazole rings is 1. The Bertz CT molecular complexity index is 4010. The van der Waals surface area contributed by atoms with E-state index < -0.39 is 137 Å². The van der Waals surface area contributed by atoms with Crippen LogP contribution >= 0.6 is 0 Å².